The standard InChI is InChI=1S/C19H21BrN4O/c20-17-6-4-15(5-7-17)14-24-11-8-16(9-12-24)19(25)23-22-13-18-3-1-2-10-21-18/h1-7,10,13,16H,8-9,11-12,14H2,(H,23,25)/b22-13+. The van der Waals surface area contributed by atoms with Gasteiger partial charge in [-0.05, 0) is 55.8 Å². The Hall–Kier alpha value is -2.05. The Morgan fingerprint density at radius 2 is 2.00 bits per heavy atom. The van der Waals surface area contributed by atoms with Crippen molar-refractivity contribution in [3.8, 4) is 0 Å². The molecule has 0 aliphatic carbocycles. The summed E-state index contributed by atoms with van der Waals surface area (Å²) in [4.78, 5) is 18.7. The molecule has 0 atom stereocenters. The van der Waals surface area contributed by atoms with Crippen LogP contribution in [-0.2, 0) is 11.3 Å². The highest BCUT2D eigenvalue weighted by Crippen LogP contribution is 2.20. The minimum Gasteiger partial charge on any atom is -0.299 e. The van der Waals surface area contributed by atoms with E-state index in [0.717, 1.165) is 42.6 Å². The van der Waals surface area contributed by atoms with Crippen molar-refractivity contribution in [1.82, 2.24) is 15.3 Å². The molecule has 0 radical (unpaired) electrons. The van der Waals surface area contributed by atoms with Crippen molar-refractivity contribution in [1.29, 1.82) is 0 Å². The number of carbonyl (C=O) groups excluding carboxylic acids is 1. The lowest BCUT2D eigenvalue weighted by Crippen LogP contribution is -2.39. The maximum absolute atomic E-state index is 12.2. The lowest BCUT2D eigenvalue weighted by Gasteiger charge is -2.30. The summed E-state index contributed by atoms with van der Waals surface area (Å²) in [6.45, 7) is 2.79. The zero-order chi connectivity index (χ0) is 17.5. The minimum absolute atomic E-state index is 0.00419. The lowest BCUT2D eigenvalue weighted by molar-refractivity contribution is -0.126. The fraction of sp³-hybridized carbons (Fsp3) is 0.316. The number of hydrogen-bond acceptors (Lipinski definition) is 4. The molecule has 1 fully saturated rings. The summed E-state index contributed by atoms with van der Waals surface area (Å²) in [6, 6.07) is 14.0. The maximum atomic E-state index is 12.2. The smallest absolute Gasteiger partial charge is 0.243 e. The summed E-state index contributed by atoms with van der Waals surface area (Å²) in [5.41, 5.74) is 4.66. The van der Waals surface area contributed by atoms with Gasteiger partial charge in [-0.15, -0.1) is 0 Å². The second-order valence-corrected chi connectivity index (χ2v) is 7.08. The van der Waals surface area contributed by atoms with Gasteiger partial charge in [0.15, 0.2) is 0 Å². The van der Waals surface area contributed by atoms with Crippen LogP contribution in [0.4, 0.5) is 0 Å². The van der Waals surface area contributed by atoms with Crippen LogP contribution < -0.4 is 5.43 Å². The number of aromatic nitrogens is 1. The van der Waals surface area contributed by atoms with Gasteiger partial charge in [0, 0.05) is 23.1 Å². The molecule has 2 heterocycles. The minimum atomic E-state index is -0.00419. The van der Waals surface area contributed by atoms with Crippen molar-refractivity contribution in [2.24, 2.45) is 11.0 Å². The van der Waals surface area contributed by atoms with Crippen LogP contribution in [0.15, 0.2) is 58.2 Å². The van der Waals surface area contributed by atoms with E-state index in [9.17, 15) is 4.79 Å². The van der Waals surface area contributed by atoms with E-state index >= 15 is 0 Å². The number of carbonyl (C=O) groups is 1. The van der Waals surface area contributed by atoms with Gasteiger partial charge in [0.1, 0.15) is 0 Å². The van der Waals surface area contributed by atoms with Crippen LogP contribution in [-0.4, -0.2) is 35.1 Å². The molecule has 0 unspecified atom stereocenters. The Morgan fingerprint density at radius 3 is 2.68 bits per heavy atom. The normalized spacial score (nSPS) is 16.2. The topological polar surface area (TPSA) is 57.6 Å². The second kappa shape index (κ2) is 8.87. The van der Waals surface area contributed by atoms with Crippen molar-refractivity contribution in [2.45, 2.75) is 19.4 Å². The fourth-order valence-electron chi connectivity index (χ4n) is 2.91. The van der Waals surface area contributed by atoms with Crippen molar-refractivity contribution in [2.75, 3.05) is 13.1 Å². The molecule has 0 saturated carbocycles. The molecule has 1 saturated heterocycles. The molecule has 3 rings (SSSR count). The number of benzene rings is 1. The number of nitrogens with zero attached hydrogens (tertiary/aromatic N) is 3. The number of pyridine rings is 1. The largest absolute Gasteiger partial charge is 0.299 e. The quantitative estimate of drug-likeness (QED) is 0.619. The van der Waals surface area contributed by atoms with Crippen LogP contribution in [0.2, 0.25) is 0 Å². The van der Waals surface area contributed by atoms with Gasteiger partial charge in [-0.25, -0.2) is 5.43 Å². The van der Waals surface area contributed by atoms with E-state index in [-0.39, 0.29) is 11.8 Å². The molecule has 6 heteroatoms. The summed E-state index contributed by atoms with van der Waals surface area (Å²) >= 11 is 3.46. The summed E-state index contributed by atoms with van der Waals surface area (Å²) in [6.07, 6.45) is 4.99. The molecule has 1 aromatic heterocycles. The van der Waals surface area contributed by atoms with E-state index in [0.29, 0.717) is 0 Å². The summed E-state index contributed by atoms with van der Waals surface area (Å²) in [5, 5.41) is 4.01. The van der Waals surface area contributed by atoms with Crippen LogP contribution in [0.1, 0.15) is 24.1 Å². The SMILES string of the molecule is O=C(N/N=C/c1ccccn1)C1CCN(Cc2ccc(Br)cc2)CC1. The zero-order valence-corrected chi connectivity index (χ0v) is 15.5. The molecule has 1 N–H and O–H groups in total. The third kappa shape index (κ3) is 5.47. The number of rotatable bonds is 5. The van der Waals surface area contributed by atoms with Crippen molar-refractivity contribution in [3.63, 3.8) is 0 Å². The Kier molecular flexibility index (Phi) is 6.30. The molecule has 0 spiro atoms. The van der Waals surface area contributed by atoms with Crippen LogP contribution in [0.5, 0.6) is 0 Å². The zero-order valence-electron chi connectivity index (χ0n) is 13.9. The van der Waals surface area contributed by atoms with Gasteiger partial charge in [0.25, 0.3) is 0 Å². The molecule has 2 aromatic rings. The molecule has 1 aromatic carbocycles. The fourth-order valence-corrected chi connectivity index (χ4v) is 3.17. The first kappa shape index (κ1) is 17.8. The number of amides is 1. The maximum Gasteiger partial charge on any atom is 0.243 e. The van der Waals surface area contributed by atoms with E-state index in [4.69, 9.17) is 0 Å². The number of hydrazone groups is 1. The molecular weight excluding hydrogens is 380 g/mol. The average Bonchev–Trinajstić information content (AvgIpc) is 2.65. The summed E-state index contributed by atoms with van der Waals surface area (Å²) in [7, 11) is 0. The number of nitrogens with one attached hydrogen (secondary N) is 1. The van der Waals surface area contributed by atoms with Gasteiger partial charge in [-0.3, -0.25) is 14.7 Å². The first-order valence-corrected chi connectivity index (χ1v) is 9.21. The highest BCUT2D eigenvalue weighted by atomic mass is 79.9. The Morgan fingerprint density at radius 1 is 1.24 bits per heavy atom. The van der Waals surface area contributed by atoms with E-state index in [1.54, 1.807) is 12.4 Å². The van der Waals surface area contributed by atoms with Crippen LogP contribution >= 0.6 is 15.9 Å². The van der Waals surface area contributed by atoms with Crippen LogP contribution in [0, 0.1) is 5.92 Å². The number of likely N-dealkylation sites (tertiary alicyclic amines) is 1. The lowest BCUT2D eigenvalue weighted by atomic mass is 9.96. The van der Waals surface area contributed by atoms with Gasteiger partial charge in [0.2, 0.25) is 5.91 Å². The Balaban J connectivity index is 1.43. The molecule has 130 valence electrons. The van der Waals surface area contributed by atoms with Gasteiger partial charge in [-0.2, -0.15) is 5.10 Å². The molecule has 1 aliphatic rings. The monoisotopic (exact) mass is 400 g/mol. The Bertz CT molecular complexity index is 710. The third-order valence-electron chi connectivity index (χ3n) is 4.34. The molecule has 5 nitrogen and oxygen atoms in total. The Labute approximate surface area is 156 Å². The van der Waals surface area contributed by atoms with E-state index < -0.39 is 0 Å². The van der Waals surface area contributed by atoms with Crippen LogP contribution in [0.25, 0.3) is 0 Å². The number of halogens is 1. The third-order valence-corrected chi connectivity index (χ3v) is 4.87. The average molecular weight is 401 g/mol. The van der Waals surface area contributed by atoms with Gasteiger partial charge in [0.05, 0.1) is 11.9 Å². The molecule has 0 bridgehead atoms. The molecule has 1 amide bonds. The summed E-state index contributed by atoms with van der Waals surface area (Å²) < 4.78 is 1.10. The number of piperidine rings is 1. The van der Waals surface area contributed by atoms with Crippen LogP contribution in [0.3, 0.4) is 0 Å². The van der Waals surface area contributed by atoms with E-state index in [1.807, 2.05) is 18.2 Å². The van der Waals surface area contributed by atoms with Gasteiger partial charge in [-0.1, -0.05) is 34.1 Å². The van der Waals surface area contributed by atoms with E-state index in [1.165, 1.54) is 5.56 Å². The predicted molar refractivity (Wildman–Crippen MR) is 102 cm³/mol. The van der Waals surface area contributed by atoms with Crippen molar-refractivity contribution in [3.05, 3.63) is 64.4 Å². The van der Waals surface area contributed by atoms with Crippen molar-refractivity contribution < 1.29 is 4.79 Å². The second-order valence-electron chi connectivity index (χ2n) is 6.17. The summed E-state index contributed by atoms with van der Waals surface area (Å²) in [5.74, 6) is 0.0255. The number of hydrogen-bond donors (Lipinski definition) is 1. The van der Waals surface area contributed by atoms with E-state index in [2.05, 4.69) is 60.6 Å². The molecule has 1 aliphatic heterocycles. The highest BCUT2D eigenvalue weighted by Gasteiger charge is 2.24. The molecule has 25 heavy (non-hydrogen) atoms. The van der Waals surface area contributed by atoms with Crippen molar-refractivity contribution >= 4 is 28.1 Å². The first-order chi connectivity index (χ1) is 12.2. The van der Waals surface area contributed by atoms with Gasteiger partial charge >= 0.3 is 0 Å². The highest BCUT2D eigenvalue weighted by molar-refractivity contribution is 9.10. The predicted octanol–water partition coefficient (Wildman–Crippen LogP) is 3.21. The first-order valence-electron chi connectivity index (χ1n) is 8.41. The molecular formula is C19H21BrN4O. The van der Waals surface area contributed by atoms with Gasteiger partial charge < -0.3 is 0 Å².